The number of aryl methyl sites for hydroxylation is 4. The van der Waals surface area contributed by atoms with Crippen LogP contribution in [0.4, 0.5) is 68.2 Å². The number of hydrogen-bond donors (Lipinski definition) is 0. The van der Waals surface area contributed by atoms with Crippen LogP contribution in [0.15, 0.2) is 218 Å². The molecule has 0 aromatic heterocycles. The van der Waals surface area contributed by atoms with Gasteiger partial charge in [-0.25, -0.2) is 0 Å². The van der Waals surface area contributed by atoms with Gasteiger partial charge in [-0.1, -0.05) is 122 Å². The molecule has 70 heavy (non-hydrogen) atoms. The Balaban J connectivity index is 1.06. The van der Waals surface area contributed by atoms with Crippen molar-refractivity contribution in [2.45, 2.75) is 66.2 Å². The molecular weight excluding hydrogens is 846 g/mol. The lowest BCUT2D eigenvalue weighted by atomic mass is 9.96. The molecule has 0 amide bonds. The average Bonchev–Trinajstić information content (AvgIpc) is 3.39. The van der Waals surface area contributed by atoms with Gasteiger partial charge in [0.15, 0.2) is 0 Å². The zero-order valence-electron chi connectivity index (χ0n) is 41.8. The van der Waals surface area contributed by atoms with Gasteiger partial charge in [0.1, 0.15) is 15.7 Å². The first kappa shape index (κ1) is 47.4. The van der Waals surface area contributed by atoms with Crippen LogP contribution in [0, 0.1) is 13.8 Å². The molecule has 9 rings (SSSR count). The maximum Gasteiger partial charge on any atom is 0.139 e. The molecule has 6 heteroatoms. The topological polar surface area (TPSA) is 13.0 Å². The number of benzene rings is 9. The van der Waals surface area contributed by atoms with Crippen LogP contribution in [0.5, 0.6) is 0 Å². The Hall–Kier alpha value is -7.69. The van der Waals surface area contributed by atoms with Crippen LogP contribution in [0.1, 0.15) is 61.8 Å². The molecule has 0 heterocycles. The summed E-state index contributed by atoms with van der Waals surface area (Å²) in [5.41, 5.74) is 21.0. The summed E-state index contributed by atoms with van der Waals surface area (Å²) >= 11 is 0. The smallest absolute Gasteiger partial charge is 0.139 e. The molecule has 346 valence electrons. The normalized spacial score (nSPS) is 11.0. The van der Waals surface area contributed by atoms with Gasteiger partial charge in [0.05, 0.1) is 0 Å². The van der Waals surface area contributed by atoms with Gasteiger partial charge < -0.3 is 19.6 Å². The number of anilines is 12. The van der Waals surface area contributed by atoms with Crippen molar-refractivity contribution in [3.05, 3.63) is 241 Å². The third-order valence-corrected chi connectivity index (χ3v) is 13.3. The summed E-state index contributed by atoms with van der Waals surface area (Å²) in [5.74, 6) is 0. The highest BCUT2D eigenvalue weighted by molar-refractivity contribution is 6.32. The highest BCUT2D eigenvalue weighted by Crippen LogP contribution is 2.43. The van der Waals surface area contributed by atoms with Gasteiger partial charge in [-0.3, -0.25) is 0 Å². The molecular formula is C64H64B2N4. The molecule has 0 atom stereocenters. The van der Waals surface area contributed by atoms with Crippen molar-refractivity contribution in [3.63, 3.8) is 0 Å². The molecule has 0 saturated carbocycles. The molecule has 0 unspecified atom stereocenters. The lowest BCUT2D eigenvalue weighted by molar-refractivity contribution is 0.795. The van der Waals surface area contributed by atoms with E-state index < -0.39 is 0 Å². The van der Waals surface area contributed by atoms with Crippen LogP contribution in [0.3, 0.4) is 0 Å². The first-order chi connectivity index (χ1) is 34.2. The fourth-order valence-corrected chi connectivity index (χ4v) is 9.20. The quantitative estimate of drug-likeness (QED) is 0.0795. The second-order valence-electron chi connectivity index (χ2n) is 18.8. The number of unbranched alkanes of at least 4 members (excludes halogenated alkanes) is 2. The van der Waals surface area contributed by atoms with Crippen LogP contribution < -0.4 is 30.5 Å². The van der Waals surface area contributed by atoms with Gasteiger partial charge in [0.25, 0.3) is 0 Å². The molecule has 4 nitrogen and oxygen atoms in total. The first-order valence-corrected chi connectivity index (χ1v) is 25.2. The molecule has 0 N–H and O–H groups in total. The van der Waals surface area contributed by atoms with Crippen LogP contribution >= 0.6 is 0 Å². The summed E-state index contributed by atoms with van der Waals surface area (Å²) in [4.78, 5) is 9.42. The molecule has 9 aromatic rings. The predicted octanol–water partition coefficient (Wildman–Crippen LogP) is 15.4. The van der Waals surface area contributed by atoms with Crippen LogP contribution in [-0.4, -0.2) is 15.7 Å². The SMILES string of the molecule is Bc1ccc(N(c2ccc(CCCC)cc2)c2ccc(N(c3ccc(C)cc3)c3ccc(N(c4ccc(B)cc4)c4ccc(N(c5ccc(C)cc5)c5ccc(CCCC)cc5)cc4)cc3)cc2)cc1. The maximum atomic E-state index is 2.36. The van der Waals surface area contributed by atoms with E-state index >= 15 is 0 Å². The lowest BCUT2D eigenvalue weighted by Gasteiger charge is -2.30. The van der Waals surface area contributed by atoms with Gasteiger partial charge in [-0.05, 0) is 196 Å². The van der Waals surface area contributed by atoms with Crippen LogP contribution in [0.25, 0.3) is 0 Å². The van der Waals surface area contributed by atoms with Gasteiger partial charge >= 0.3 is 0 Å². The molecule has 0 radical (unpaired) electrons. The van der Waals surface area contributed by atoms with E-state index in [4.69, 9.17) is 0 Å². The van der Waals surface area contributed by atoms with E-state index in [9.17, 15) is 0 Å². The van der Waals surface area contributed by atoms with Gasteiger partial charge in [0.2, 0.25) is 0 Å². The summed E-state index contributed by atoms with van der Waals surface area (Å²) < 4.78 is 0. The fraction of sp³-hybridized carbons (Fsp3) is 0.156. The average molecular weight is 911 g/mol. The zero-order chi connectivity index (χ0) is 48.4. The van der Waals surface area contributed by atoms with Crippen LogP contribution in [-0.2, 0) is 12.8 Å². The molecule has 0 aliphatic heterocycles. The molecule has 0 fully saturated rings. The Labute approximate surface area is 419 Å². The summed E-state index contributed by atoms with van der Waals surface area (Å²) in [6.45, 7) is 8.79. The highest BCUT2D eigenvalue weighted by atomic mass is 15.2. The van der Waals surface area contributed by atoms with Crippen molar-refractivity contribution in [2.24, 2.45) is 0 Å². The minimum Gasteiger partial charge on any atom is -0.311 e. The maximum absolute atomic E-state index is 2.36. The second kappa shape index (κ2) is 22.2. The molecule has 0 aliphatic carbocycles. The van der Waals surface area contributed by atoms with Gasteiger partial charge in [-0.2, -0.15) is 0 Å². The second-order valence-corrected chi connectivity index (χ2v) is 18.8. The predicted molar refractivity (Wildman–Crippen MR) is 308 cm³/mol. The van der Waals surface area contributed by atoms with E-state index in [0.29, 0.717) is 0 Å². The molecule has 0 bridgehead atoms. The Morgan fingerprint density at radius 3 is 0.629 bits per heavy atom. The molecule has 0 aliphatic rings. The lowest BCUT2D eigenvalue weighted by Crippen LogP contribution is -2.14. The monoisotopic (exact) mass is 911 g/mol. The summed E-state index contributed by atoms with van der Waals surface area (Å²) in [6.07, 6.45) is 6.99. The number of rotatable bonds is 18. The minimum atomic E-state index is 1.08. The number of nitrogens with zero attached hydrogens (tertiary/aromatic N) is 4. The van der Waals surface area contributed by atoms with E-state index in [1.165, 1.54) is 58.9 Å². The van der Waals surface area contributed by atoms with Crippen molar-refractivity contribution in [1.82, 2.24) is 0 Å². The standard InChI is InChI=1S/C64H64B2N4/c1-5-7-9-49-15-27-55(28-16-49)67(53-23-11-47(3)12-24-53)59-35-43-63(44-36-59)70(58-33-21-52(66)22-34-58)64-45-39-61(40-46-64)68(54-25-13-48(4)14-26-54)60-37-41-62(42-38-60)69(57-31-19-51(65)20-32-57)56-29-17-50(18-30-56)10-8-6-2/h11-46H,5-10,65-66H2,1-4H3. The van der Waals surface area contributed by atoms with Gasteiger partial charge in [0, 0.05) is 68.2 Å². The van der Waals surface area contributed by atoms with Crippen molar-refractivity contribution in [3.8, 4) is 0 Å². The summed E-state index contributed by atoms with van der Waals surface area (Å²) in [6, 6.07) is 80.5. The summed E-state index contributed by atoms with van der Waals surface area (Å²) in [7, 11) is 4.29. The van der Waals surface area contributed by atoms with Gasteiger partial charge in [-0.15, -0.1) is 0 Å². The zero-order valence-corrected chi connectivity index (χ0v) is 41.8. The Bertz CT molecular complexity index is 2830. The van der Waals surface area contributed by atoms with Crippen molar-refractivity contribution in [2.75, 3.05) is 19.6 Å². The number of hydrogen-bond acceptors (Lipinski definition) is 4. The van der Waals surface area contributed by atoms with Crippen LogP contribution in [0.2, 0.25) is 0 Å². The summed E-state index contributed by atoms with van der Waals surface area (Å²) in [5, 5.41) is 0. The Morgan fingerprint density at radius 2 is 0.429 bits per heavy atom. The van der Waals surface area contributed by atoms with E-state index in [-0.39, 0.29) is 0 Å². The van der Waals surface area contributed by atoms with E-state index in [1.54, 1.807) is 0 Å². The Morgan fingerprint density at radius 1 is 0.257 bits per heavy atom. The van der Waals surface area contributed by atoms with Crippen molar-refractivity contribution < 1.29 is 0 Å². The van der Waals surface area contributed by atoms with E-state index in [2.05, 4.69) is 281 Å². The fourth-order valence-electron chi connectivity index (χ4n) is 9.20. The largest absolute Gasteiger partial charge is 0.311 e. The van der Waals surface area contributed by atoms with Crippen molar-refractivity contribution >= 4 is 94.9 Å². The van der Waals surface area contributed by atoms with Crippen molar-refractivity contribution in [1.29, 1.82) is 0 Å². The highest BCUT2D eigenvalue weighted by Gasteiger charge is 2.20. The third-order valence-electron chi connectivity index (χ3n) is 13.3. The Kier molecular flexibility index (Phi) is 15.0. The minimum absolute atomic E-state index is 1.08. The van der Waals surface area contributed by atoms with E-state index in [1.807, 2.05) is 0 Å². The molecule has 0 spiro atoms. The molecule has 0 saturated heterocycles. The third kappa shape index (κ3) is 11.1. The first-order valence-electron chi connectivity index (χ1n) is 25.2. The van der Waals surface area contributed by atoms with E-state index in [0.717, 1.165) is 81.1 Å². The molecule has 9 aromatic carbocycles.